The summed E-state index contributed by atoms with van der Waals surface area (Å²) in [6.45, 7) is 3.83. The van der Waals surface area contributed by atoms with Crippen LogP contribution < -0.4 is 21.3 Å². The molecule has 0 spiro atoms. The Hall–Kier alpha value is -4.39. The number of anilines is 5. The Bertz CT molecular complexity index is 1570. The van der Waals surface area contributed by atoms with Gasteiger partial charge in [-0.05, 0) is 93.1 Å². The Labute approximate surface area is 250 Å². The predicted octanol–water partition coefficient (Wildman–Crippen LogP) is 6.20. The van der Waals surface area contributed by atoms with Crippen molar-refractivity contribution < 1.29 is 9.32 Å². The molecular weight excluding hydrogens is 550 g/mol. The molecule has 2 aliphatic heterocycles. The second kappa shape index (κ2) is 14.0. The van der Waals surface area contributed by atoms with Crippen LogP contribution in [-0.2, 0) is 24.1 Å². The van der Waals surface area contributed by atoms with E-state index >= 15 is 0 Å². The Morgan fingerprint density at radius 3 is 2.74 bits per heavy atom. The Kier molecular flexibility index (Phi) is 9.70. The molecule has 4 heterocycles. The zero-order valence-electron chi connectivity index (χ0n) is 23.5. The number of amides is 1. The van der Waals surface area contributed by atoms with Crippen LogP contribution in [0.5, 0.6) is 0 Å². The number of nitrogens with one attached hydrogen (secondary N) is 4. The van der Waals surface area contributed by atoms with Gasteiger partial charge in [0.25, 0.3) is 0 Å². The lowest BCUT2D eigenvalue weighted by Crippen LogP contribution is -2.30. The number of aryl methyl sites for hydroxylation is 3. The molecule has 2 aliphatic rings. The first-order valence-electron chi connectivity index (χ1n) is 14.1. The molecule has 10 heteroatoms. The lowest BCUT2D eigenvalue weighted by atomic mass is 9.94. The summed E-state index contributed by atoms with van der Waals surface area (Å²) in [7, 11) is 0. The van der Waals surface area contributed by atoms with Crippen LogP contribution in [0, 0.1) is 25.2 Å². The number of halogens is 1. The van der Waals surface area contributed by atoms with Gasteiger partial charge in [0.1, 0.15) is 10.8 Å². The minimum absolute atomic E-state index is 0.0801. The molecule has 0 unspecified atom stereocenters. The molecule has 1 fully saturated rings. The monoisotopic (exact) mass is 583 g/mol. The van der Waals surface area contributed by atoms with Gasteiger partial charge in [-0.3, -0.25) is 4.79 Å². The van der Waals surface area contributed by atoms with Gasteiger partial charge < -0.3 is 25.8 Å². The molecule has 6 bridgehead atoms. The highest BCUT2D eigenvalue weighted by Gasteiger charge is 2.18. The number of carbonyl (C=O) groups excluding carboxylic acids is 1. The summed E-state index contributed by atoms with van der Waals surface area (Å²) in [4.78, 5) is 21.6. The highest BCUT2D eigenvalue weighted by molar-refractivity contribution is 6.32. The lowest BCUT2D eigenvalue weighted by molar-refractivity contribution is -0.117. The Balaban J connectivity index is 0.000000336. The maximum absolute atomic E-state index is 12.8. The zero-order chi connectivity index (χ0) is 29.3. The minimum atomic E-state index is 0.0801. The molecule has 6 rings (SSSR count). The van der Waals surface area contributed by atoms with Crippen LogP contribution in [0.15, 0.2) is 59.4 Å². The van der Waals surface area contributed by atoms with E-state index in [1.54, 1.807) is 12.4 Å². The summed E-state index contributed by atoms with van der Waals surface area (Å²) in [6.07, 6.45) is 13.2. The summed E-state index contributed by atoms with van der Waals surface area (Å²) < 4.78 is 4.77. The SMILES string of the molecule is C#CCc1cnoc1C.O=C(CC1CCNCC1)Nc1ccc2cc1CCc1cccc(c1)Nc1ncc(Cl)c(n1)N2. The predicted molar refractivity (Wildman–Crippen MR) is 167 cm³/mol. The third-order valence-corrected chi connectivity index (χ3v) is 7.60. The molecule has 0 atom stereocenters. The molecule has 2 aromatic heterocycles. The number of piperidine rings is 1. The van der Waals surface area contributed by atoms with Crippen LogP contribution in [-0.4, -0.2) is 34.1 Å². The number of rotatable bonds is 4. The molecule has 0 aliphatic carbocycles. The molecule has 1 amide bonds. The number of nitrogens with zero attached hydrogens (tertiary/aromatic N) is 3. The average Bonchev–Trinajstić information content (AvgIpc) is 3.40. The van der Waals surface area contributed by atoms with Crippen molar-refractivity contribution in [3.63, 3.8) is 0 Å². The van der Waals surface area contributed by atoms with Gasteiger partial charge in [-0.1, -0.05) is 28.9 Å². The topological polar surface area (TPSA) is 117 Å². The van der Waals surface area contributed by atoms with Crippen LogP contribution in [0.1, 0.15) is 41.7 Å². The highest BCUT2D eigenvalue weighted by Crippen LogP contribution is 2.30. The normalized spacial score (nSPS) is 14.3. The fourth-order valence-electron chi connectivity index (χ4n) is 5.01. The van der Waals surface area contributed by atoms with E-state index in [0.717, 1.165) is 72.7 Å². The molecular formula is C32H34ClN7O2. The molecule has 4 N–H and O–H groups in total. The van der Waals surface area contributed by atoms with E-state index in [1.165, 1.54) is 5.56 Å². The van der Waals surface area contributed by atoms with Crippen LogP contribution in [0.2, 0.25) is 5.02 Å². The van der Waals surface area contributed by atoms with Crippen molar-refractivity contribution in [3.8, 4) is 12.3 Å². The van der Waals surface area contributed by atoms with E-state index in [0.29, 0.717) is 35.5 Å². The van der Waals surface area contributed by atoms with Crippen LogP contribution in [0.25, 0.3) is 0 Å². The summed E-state index contributed by atoms with van der Waals surface area (Å²) in [5, 5.41) is 17.1. The van der Waals surface area contributed by atoms with Crippen molar-refractivity contribution in [1.82, 2.24) is 20.4 Å². The standard InChI is InChI=1S/C25H27ClN6O.C7H7NO/c26-21-15-28-25-30-19-3-1-2-16(12-19)4-5-18-14-20(29-24(21)32-25)6-7-22(18)31-23(33)13-17-8-10-27-11-9-17;1-3-4-7-5-8-9-6(7)2/h1-3,6-7,12,14-15,17,27H,4-5,8-11,13H2,(H,31,33)(H2,28,29,30,32);1,5H,4H2,2H3. The van der Waals surface area contributed by atoms with E-state index in [1.807, 2.05) is 31.2 Å². The van der Waals surface area contributed by atoms with Gasteiger partial charge in [0.2, 0.25) is 11.9 Å². The van der Waals surface area contributed by atoms with E-state index < -0.39 is 0 Å². The third-order valence-electron chi connectivity index (χ3n) is 7.33. The molecule has 0 saturated carbocycles. The number of carbonyl (C=O) groups is 1. The first-order chi connectivity index (χ1) is 20.5. The van der Waals surface area contributed by atoms with Crippen molar-refractivity contribution in [3.05, 3.63) is 82.3 Å². The number of terminal acetylenes is 1. The Morgan fingerprint density at radius 1 is 1.12 bits per heavy atom. The van der Waals surface area contributed by atoms with Crippen molar-refractivity contribution in [2.75, 3.05) is 29.0 Å². The van der Waals surface area contributed by atoms with E-state index in [-0.39, 0.29) is 5.91 Å². The number of aromatic nitrogens is 3. The largest absolute Gasteiger partial charge is 0.361 e. The van der Waals surface area contributed by atoms with E-state index in [9.17, 15) is 4.79 Å². The van der Waals surface area contributed by atoms with Gasteiger partial charge in [-0.15, -0.1) is 12.3 Å². The fraction of sp³-hybridized carbons (Fsp3) is 0.312. The molecule has 2 aromatic carbocycles. The maximum Gasteiger partial charge on any atom is 0.229 e. The highest BCUT2D eigenvalue weighted by atomic mass is 35.5. The van der Waals surface area contributed by atoms with E-state index in [4.69, 9.17) is 22.5 Å². The molecule has 0 radical (unpaired) electrons. The summed E-state index contributed by atoms with van der Waals surface area (Å²) in [6, 6.07) is 14.2. The minimum Gasteiger partial charge on any atom is -0.361 e. The van der Waals surface area contributed by atoms with E-state index in [2.05, 4.69) is 60.5 Å². The second-order valence-electron chi connectivity index (χ2n) is 10.4. The van der Waals surface area contributed by atoms with Crippen molar-refractivity contribution in [2.24, 2.45) is 5.92 Å². The first-order valence-corrected chi connectivity index (χ1v) is 14.5. The third kappa shape index (κ3) is 7.87. The smallest absolute Gasteiger partial charge is 0.229 e. The van der Waals surface area contributed by atoms with Gasteiger partial charge in [0.15, 0.2) is 5.82 Å². The maximum atomic E-state index is 12.8. The van der Waals surface area contributed by atoms with Crippen LogP contribution in [0.3, 0.4) is 0 Å². The second-order valence-corrected chi connectivity index (χ2v) is 10.9. The zero-order valence-corrected chi connectivity index (χ0v) is 24.3. The molecule has 216 valence electrons. The lowest BCUT2D eigenvalue weighted by Gasteiger charge is -2.22. The van der Waals surface area contributed by atoms with Crippen LogP contribution >= 0.6 is 11.6 Å². The van der Waals surface area contributed by atoms with Gasteiger partial charge in [-0.25, -0.2) is 4.98 Å². The fourth-order valence-corrected chi connectivity index (χ4v) is 5.15. The summed E-state index contributed by atoms with van der Waals surface area (Å²) >= 11 is 6.35. The first kappa shape index (κ1) is 29.1. The number of hydrogen-bond donors (Lipinski definition) is 4. The van der Waals surface area contributed by atoms with Gasteiger partial charge in [0.05, 0.1) is 12.4 Å². The quantitative estimate of drug-likeness (QED) is 0.210. The number of benzene rings is 2. The summed E-state index contributed by atoms with van der Waals surface area (Å²) in [5.41, 5.74) is 5.90. The average molecular weight is 584 g/mol. The number of fused-ring (bicyclic) bond motifs is 6. The van der Waals surface area contributed by atoms with Crippen molar-refractivity contribution in [2.45, 2.75) is 45.4 Å². The number of hydrogen-bond acceptors (Lipinski definition) is 8. The van der Waals surface area contributed by atoms with Crippen molar-refractivity contribution in [1.29, 1.82) is 0 Å². The van der Waals surface area contributed by atoms with Crippen LogP contribution in [0.4, 0.5) is 28.8 Å². The van der Waals surface area contributed by atoms with Crippen molar-refractivity contribution >= 4 is 46.3 Å². The Morgan fingerprint density at radius 2 is 1.95 bits per heavy atom. The molecule has 1 saturated heterocycles. The molecule has 4 aromatic rings. The molecule has 42 heavy (non-hydrogen) atoms. The van der Waals surface area contributed by atoms with Gasteiger partial charge in [-0.2, -0.15) is 4.98 Å². The molecule has 9 nitrogen and oxygen atoms in total. The van der Waals surface area contributed by atoms with Gasteiger partial charge >= 0.3 is 0 Å². The summed E-state index contributed by atoms with van der Waals surface area (Å²) in [5.74, 6) is 4.85. The van der Waals surface area contributed by atoms with Gasteiger partial charge in [0, 0.05) is 35.5 Å².